The lowest BCUT2D eigenvalue weighted by Crippen LogP contribution is -2.30. The molecule has 8 nitrogen and oxygen atoms in total. The van der Waals surface area contributed by atoms with Crippen LogP contribution < -0.4 is 10.6 Å². The molecule has 9 heteroatoms. The summed E-state index contributed by atoms with van der Waals surface area (Å²) in [4.78, 5) is 30.0. The number of fused-ring (bicyclic) bond motifs is 1. The Balaban J connectivity index is 1.68. The minimum atomic E-state index is 0.147. The highest BCUT2D eigenvalue weighted by atomic mass is 35.5. The van der Waals surface area contributed by atoms with Gasteiger partial charge in [-0.25, -0.2) is 15.0 Å². The lowest BCUT2D eigenvalue weighted by molar-refractivity contribution is -0.129. The maximum Gasteiger partial charge on any atom is 0.224 e. The molecule has 5 rings (SSSR count). The van der Waals surface area contributed by atoms with Gasteiger partial charge in [0, 0.05) is 50.0 Å². The number of carbonyl (C=O) groups is 1. The van der Waals surface area contributed by atoms with Crippen LogP contribution in [0.15, 0.2) is 54.7 Å². The van der Waals surface area contributed by atoms with E-state index in [1.807, 2.05) is 60.1 Å². The zero-order valence-corrected chi connectivity index (χ0v) is 18.3. The number of amides is 1. The number of rotatable bonds is 3. The van der Waals surface area contributed by atoms with E-state index in [-0.39, 0.29) is 5.91 Å². The van der Waals surface area contributed by atoms with E-state index < -0.39 is 0 Å². The first-order valence-corrected chi connectivity index (χ1v) is 10.7. The van der Waals surface area contributed by atoms with Gasteiger partial charge in [-0.05, 0) is 48.5 Å². The third-order valence-electron chi connectivity index (χ3n) is 5.70. The Labute approximate surface area is 190 Å². The van der Waals surface area contributed by atoms with E-state index in [0.29, 0.717) is 41.8 Å². The maximum absolute atomic E-state index is 12.1. The molecule has 4 heterocycles. The standard InChI is InChI=1S/C23H22ClN7O/c1-29-13-14-30(12-10-20(29)32)19-9-8-18-23(28-19)31(16-6-4-15(24)5-7-16)22(27-18)17-3-2-11-26-21(17)25/h2-9,11H,10,12-14H2,1H3,(H2,25,26). The van der Waals surface area contributed by atoms with E-state index in [0.717, 1.165) is 29.1 Å². The molecule has 162 valence electrons. The minimum Gasteiger partial charge on any atom is -0.383 e. The predicted molar refractivity (Wildman–Crippen MR) is 126 cm³/mol. The Morgan fingerprint density at radius 2 is 1.81 bits per heavy atom. The molecule has 0 bridgehead atoms. The Hall–Kier alpha value is -3.65. The van der Waals surface area contributed by atoms with E-state index >= 15 is 0 Å². The number of carbonyl (C=O) groups excluding carboxylic acids is 1. The number of likely N-dealkylation sites (N-methyl/N-ethyl adjacent to an activating group) is 1. The number of benzene rings is 1. The lowest BCUT2D eigenvalue weighted by Gasteiger charge is -2.21. The molecule has 1 amide bonds. The first-order chi connectivity index (χ1) is 15.5. The highest BCUT2D eigenvalue weighted by Gasteiger charge is 2.22. The summed E-state index contributed by atoms with van der Waals surface area (Å²) in [5.74, 6) is 2.01. The third-order valence-corrected chi connectivity index (χ3v) is 5.96. The van der Waals surface area contributed by atoms with Crippen molar-refractivity contribution in [2.45, 2.75) is 6.42 Å². The number of nitrogens with two attached hydrogens (primary N) is 1. The molecule has 0 unspecified atom stereocenters. The van der Waals surface area contributed by atoms with Crippen molar-refractivity contribution >= 4 is 40.3 Å². The maximum atomic E-state index is 12.1. The largest absolute Gasteiger partial charge is 0.383 e. The topological polar surface area (TPSA) is 93.2 Å². The summed E-state index contributed by atoms with van der Waals surface area (Å²) in [6.45, 7) is 2.00. The molecule has 1 aliphatic heterocycles. The van der Waals surface area contributed by atoms with Gasteiger partial charge in [0.2, 0.25) is 5.91 Å². The molecule has 0 atom stereocenters. The summed E-state index contributed by atoms with van der Waals surface area (Å²) in [6.07, 6.45) is 2.12. The molecule has 0 aliphatic carbocycles. The van der Waals surface area contributed by atoms with Crippen LogP contribution in [0.5, 0.6) is 0 Å². The van der Waals surface area contributed by atoms with E-state index in [9.17, 15) is 4.79 Å². The average molecular weight is 448 g/mol. The van der Waals surface area contributed by atoms with Gasteiger partial charge in [0.15, 0.2) is 11.5 Å². The summed E-state index contributed by atoms with van der Waals surface area (Å²) in [5, 5.41) is 0.646. The summed E-state index contributed by atoms with van der Waals surface area (Å²) in [7, 11) is 1.84. The highest BCUT2D eigenvalue weighted by molar-refractivity contribution is 6.30. The number of aromatic nitrogens is 4. The summed E-state index contributed by atoms with van der Waals surface area (Å²) < 4.78 is 1.97. The highest BCUT2D eigenvalue weighted by Crippen LogP contribution is 2.31. The van der Waals surface area contributed by atoms with Crippen molar-refractivity contribution in [2.75, 3.05) is 37.3 Å². The minimum absolute atomic E-state index is 0.147. The Morgan fingerprint density at radius 1 is 1.00 bits per heavy atom. The lowest BCUT2D eigenvalue weighted by atomic mass is 10.2. The smallest absolute Gasteiger partial charge is 0.224 e. The van der Waals surface area contributed by atoms with Crippen LogP contribution in [0.25, 0.3) is 28.2 Å². The molecule has 4 aromatic rings. The molecule has 1 saturated heterocycles. The van der Waals surface area contributed by atoms with Crippen molar-refractivity contribution in [3.8, 4) is 17.1 Å². The summed E-state index contributed by atoms with van der Waals surface area (Å²) >= 11 is 6.13. The van der Waals surface area contributed by atoms with Crippen molar-refractivity contribution in [2.24, 2.45) is 0 Å². The van der Waals surface area contributed by atoms with Crippen molar-refractivity contribution in [3.05, 3.63) is 59.8 Å². The molecule has 0 radical (unpaired) electrons. The fourth-order valence-electron chi connectivity index (χ4n) is 3.90. The summed E-state index contributed by atoms with van der Waals surface area (Å²) in [5.41, 5.74) is 9.22. The first kappa shape index (κ1) is 20.3. The van der Waals surface area contributed by atoms with Gasteiger partial charge in [-0.1, -0.05) is 11.6 Å². The number of hydrogen-bond acceptors (Lipinski definition) is 6. The number of hydrogen-bond donors (Lipinski definition) is 1. The van der Waals surface area contributed by atoms with Gasteiger partial charge in [0.05, 0.1) is 5.56 Å². The van der Waals surface area contributed by atoms with Gasteiger partial charge in [0.25, 0.3) is 0 Å². The molecule has 0 spiro atoms. The third kappa shape index (κ3) is 3.62. The molecular formula is C23H22ClN7O. The van der Waals surface area contributed by atoms with Crippen molar-refractivity contribution in [1.29, 1.82) is 0 Å². The number of nitrogens with zero attached hydrogens (tertiary/aromatic N) is 6. The molecule has 3 aromatic heterocycles. The van der Waals surface area contributed by atoms with Gasteiger partial charge < -0.3 is 15.5 Å². The number of pyridine rings is 2. The van der Waals surface area contributed by atoms with E-state index in [2.05, 4.69) is 9.88 Å². The number of anilines is 2. The van der Waals surface area contributed by atoms with Gasteiger partial charge >= 0.3 is 0 Å². The van der Waals surface area contributed by atoms with Crippen LogP contribution >= 0.6 is 11.6 Å². The van der Waals surface area contributed by atoms with Crippen LogP contribution in [0, 0.1) is 0 Å². The fraction of sp³-hybridized carbons (Fsp3) is 0.217. The zero-order valence-electron chi connectivity index (χ0n) is 17.6. The average Bonchev–Trinajstić information content (AvgIpc) is 3.09. The first-order valence-electron chi connectivity index (χ1n) is 10.4. The van der Waals surface area contributed by atoms with Gasteiger partial charge in [-0.15, -0.1) is 0 Å². The molecule has 1 aliphatic rings. The van der Waals surface area contributed by atoms with Crippen LogP contribution in [0.2, 0.25) is 5.02 Å². The van der Waals surface area contributed by atoms with Crippen LogP contribution in [0.4, 0.5) is 11.6 Å². The molecule has 1 aromatic carbocycles. The molecular weight excluding hydrogens is 426 g/mol. The van der Waals surface area contributed by atoms with Crippen molar-refractivity contribution in [3.63, 3.8) is 0 Å². The zero-order chi connectivity index (χ0) is 22.2. The molecule has 0 saturated carbocycles. The SMILES string of the molecule is CN1CCN(c2ccc3nc(-c4cccnc4N)n(-c4ccc(Cl)cc4)c3n2)CCC1=O. The van der Waals surface area contributed by atoms with E-state index in [4.69, 9.17) is 27.3 Å². The molecule has 2 N–H and O–H groups in total. The summed E-state index contributed by atoms with van der Waals surface area (Å²) in [6, 6.07) is 15.2. The van der Waals surface area contributed by atoms with E-state index in [1.165, 1.54) is 0 Å². The fourth-order valence-corrected chi connectivity index (χ4v) is 4.03. The normalized spacial score (nSPS) is 14.8. The Morgan fingerprint density at radius 3 is 2.59 bits per heavy atom. The number of halogens is 1. The van der Waals surface area contributed by atoms with Crippen LogP contribution in [0.1, 0.15) is 6.42 Å². The van der Waals surface area contributed by atoms with Gasteiger partial charge in [-0.3, -0.25) is 9.36 Å². The Bertz CT molecular complexity index is 1300. The molecule has 32 heavy (non-hydrogen) atoms. The van der Waals surface area contributed by atoms with E-state index in [1.54, 1.807) is 11.1 Å². The monoisotopic (exact) mass is 447 g/mol. The second kappa shape index (κ2) is 8.12. The van der Waals surface area contributed by atoms with Gasteiger partial charge in [-0.2, -0.15) is 0 Å². The van der Waals surface area contributed by atoms with Crippen molar-refractivity contribution < 1.29 is 4.79 Å². The quantitative estimate of drug-likeness (QED) is 0.517. The molecule has 1 fully saturated rings. The second-order valence-electron chi connectivity index (χ2n) is 7.75. The predicted octanol–water partition coefficient (Wildman–Crippen LogP) is 3.39. The van der Waals surface area contributed by atoms with Gasteiger partial charge in [0.1, 0.15) is 17.2 Å². The second-order valence-corrected chi connectivity index (χ2v) is 8.18. The van der Waals surface area contributed by atoms with Crippen molar-refractivity contribution in [1.82, 2.24) is 24.4 Å². The van der Waals surface area contributed by atoms with Crippen LogP contribution in [-0.4, -0.2) is 57.0 Å². The van der Waals surface area contributed by atoms with Crippen LogP contribution in [0.3, 0.4) is 0 Å². The Kier molecular flexibility index (Phi) is 5.14. The number of nitrogen functional groups attached to an aromatic ring is 1. The van der Waals surface area contributed by atoms with Crippen LogP contribution in [-0.2, 0) is 4.79 Å². The number of imidazole rings is 1.